The Hall–Kier alpha value is -7.07. The van der Waals surface area contributed by atoms with E-state index in [4.69, 9.17) is 4.98 Å². The Labute approximate surface area is 408 Å². The first-order valence-electron chi connectivity index (χ1n) is 23.1. The molecule has 332 valence electrons. The van der Waals surface area contributed by atoms with Crippen LogP contribution in [-0.4, -0.2) is 18.7 Å². The minimum absolute atomic E-state index is 0. The van der Waals surface area contributed by atoms with Gasteiger partial charge >= 0.3 is 0 Å². The first-order chi connectivity index (χ1) is 32.2. The van der Waals surface area contributed by atoms with Crippen molar-refractivity contribution in [2.75, 3.05) is 4.90 Å². The predicted molar refractivity (Wildman–Crippen MR) is 276 cm³/mol. The topological polar surface area (TPSA) is 30.9 Å². The molecule has 1 aliphatic carbocycles. The van der Waals surface area contributed by atoms with Crippen molar-refractivity contribution in [2.24, 2.45) is 0 Å². The molecule has 0 atom stereocenters. The summed E-state index contributed by atoms with van der Waals surface area (Å²) < 4.78 is 6.93. The number of pyridine rings is 1. The van der Waals surface area contributed by atoms with Crippen molar-refractivity contribution in [1.29, 1.82) is 0 Å². The Morgan fingerprint density at radius 1 is 0.642 bits per heavy atom. The number of hydrogen-bond donors (Lipinski definition) is 0. The molecular formula is C61H52N5Pt-. The van der Waals surface area contributed by atoms with Crippen LogP contribution in [-0.2, 0) is 26.6 Å². The number of allylic oxidation sites excluding steroid dienone is 4. The summed E-state index contributed by atoms with van der Waals surface area (Å²) >= 11 is 0. The fourth-order valence-corrected chi connectivity index (χ4v) is 9.87. The minimum atomic E-state index is -0.130. The monoisotopic (exact) mass is 1050 g/mol. The van der Waals surface area contributed by atoms with Gasteiger partial charge in [-0.15, -0.1) is 29.7 Å². The molecule has 0 unspecified atom stereocenters. The van der Waals surface area contributed by atoms with Gasteiger partial charge in [-0.3, -0.25) is 0 Å². The molecule has 0 amide bonds. The van der Waals surface area contributed by atoms with Gasteiger partial charge in [-0.25, -0.2) is 14.1 Å². The number of para-hydroxylation sites is 4. The predicted octanol–water partition coefficient (Wildman–Crippen LogP) is 16.2. The van der Waals surface area contributed by atoms with Crippen molar-refractivity contribution >= 4 is 55.5 Å². The summed E-state index contributed by atoms with van der Waals surface area (Å²) in [6.07, 6.45) is 12.9. The van der Waals surface area contributed by atoms with Gasteiger partial charge in [0.25, 0.3) is 0 Å². The zero-order chi connectivity index (χ0) is 44.9. The third-order valence-corrected chi connectivity index (χ3v) is 13.0. The van der Waals surface area contributed by atoms with E-state index in [1.807, 2.05) is 6.20 Å². The van der Waals surface area contributed by atoms with Crippen molar-refractivity contribution in [1.82, 2.24) is 18.7 Å². The molecule has 0 fully saturated rings. The van der Waals surface area contributed by atoms with Crippen molar-refractivity contribution < 1.29 is 21.1 Å². The van der Waals surface area contributed by atoms with Crippen LogP contribution >= 0.6 is 0 Å². The van der Waals surface area contributed by atoms with Gasteiger partial charge in [0.05, 0.1) is 11.2 Å². The Morgan fingerprint density at radius 3 is 2.13 bits per heavy atom. The molecule has 10 aromatic rings. The van der Waals surface area contributed by atoms with E-state index in [0.29, 0.717) is 5.92 Å². The Morgan fingerprint density at radius 2 is 1.34 bits per heavy atom. The standard InChI is InChI=1S/C61H52N5.Pt/c1-42(2)49-26-12-13-27-50(49)45-36-37-62-59(38-45)66-55-31-15-14-28-53(55)54-35-34-48(40-58(54)66)65(60-51(43-20-8-6-9-21-43)29-19-30-52(60)44-22-10-7-11-23-44)47-25-18-24-46(39-47)63-41-64(61(3,4)5)57-33-17-16-32-56(57)63;/h6-10,12-22,24-38,41-42H,11,23H2,1-5H3;/q-1;. The van der Waals surface area contributed by atoms with Crippen molar-refractivity contribution in [3.63, 3.8) is 0 Å². The fourth-order valence-electron chi connectivity index (χ4n) is 9.87. The summed E-state index contributed by atoms with van der Waals surface area (Å²) in [4.78, 5) is 7.49. The Kier molecular flexibility index (Phi) is 11.7. The van der Waals surface area contributed by atoms with Crippen LogP contribution in [0.5, 0.6) is 0 Å². The van der Waals surface area contributed by atoms with E-state index >= 15 is 0 Å². The number of fused-ring (bicyclic) bond motifs is 4. The van der Waals surface area contributed by atoms with E-state index < -0.39 is 0 Å². The van der Waals surface area contributed by atoms with E-state index in [1.54, 1.807) is 0 Å². The van der Waals surface area contributed by atoms with Crippen LogP contribution in [0.1, 0.15) is 64.5 Å². The van der Waals surface area contributed by atoms with Gasteiger partial charge in [-0.1, -0.05) is 146 Å². The molecule has 67 heavy (non-hydrogen) atoms. The molecular weight excluding hydrogens is 998 g/mol. The van der Waals surface area contributed by atoms with Gasteiger partial charge in [0.1, 0.15) is 5.82 Å². The third-order valence-electron chi connectivity index (χ3n) is 13.0. The van der Waals surface area contributed by atoms with Crippen LogP contribution in [0.3, 0.4) is 0 Å². The summed E-state index contributed by atoms with van der Waals surface area (Å²) in [5.74, 6) is 1.23. The molecule has 0 N–H and O–H groups in total. The second-order valence-electron chi connectivity index (χ2n) is 18.6. The number of benzene rings is 7. The summed E-state index contributed by atoms with van der Waals surface area (Å²) in [7, 11) is 0. The average Bonchev–Trinajstić information content (AvgIpc) is 3.92. The zero-order valence-electron chi connectivity index (χ0n) is 38.5. The van der Waals surface area contributed by atoms with Gasteiger partial charge < -0.3 is 9.47 Å². The van der Waals surface area contributed by atoms with Gasteiger partial charge in [-0.05, 0) is 103 Å². The van der Waals surface area contributed by atoms with Crippen LogP contribution in [0.4, 0.5) is 17.1 Å². The van der Waals surface area contributed by atoms with Crippen molar-refractivity contribution in [2.45, 2.75) is 58.9 Å². The molecule has 6 heteroatoms. The molecule has 0 aliphatic heterocycles. The molecule has 11 rings (SSSR count). The number of aromatic nitrogens is 4. The Balaban J connectivity index is 0.00000525. The molecule has 0 spiro atoms. The summed E-state index contributed by atoms with van der Waals surface area (Å²) in [6.45, 7) is 11.3. The first kappa shape index (κ1) is 43.8. The van der Waals surface area contributed by atoms with E-state index in [1.165, 1.54) is 27.8 Å². The maximum absolute atomic E-state index is 5.10. The molecule has 0 saturated heterocycles. The summed E-state index contributed by atoms with van der Waals surface area (Å²) in [6, 6.07) is 67.0. The smallest absolute Gasteiger partial charge is 0.188 e. The molecule has 7 aromatic carbocycles. The van der Waals surface area contributed by atoms with E-state index in [0.717, 1.165) is 85.4 Å². The van der Waals surface area contributed by atoms with Crippen LogP contribution in [0, 0.1) is 12.1 Å². The minimum Gasteiger partial charge on any atom is -0.357 e. The summed E-state index contributed by atoms with van der Waals surface area (Å²) in [5, 5.41) is 2.27. The quantitative estimate of drug-likeness (QED) is 0.135. The van der Waals surface area contributed by atoms with Gasteiger partial charge in [0.15, 0.2) is 17.4 Å². The fraction of sp³-hybridized carbons (Fsp3) is 0.148. The zero-order valence-corrected chi connectivity index (χ0v) is 40.8. The number of imidazole rings is 1. The van der Waals surface area contributed by atoms with E-state index in [2.05, 4.69) is 254 Å². The van der Waals surface area contributed by atoms with Crippen molar-refractivity contribution in [3.8, 4) is 33.8 Å². The van der Waals surface area contributed by atoms with E-state index in [9.17, 15) is 0 Å². The molecule has 3 heterocycles. The number of nitrogens with zero attached hydrogens (tertiary/aromatic N) is 5. The molecule has 1 aliphatic rings. The summed E-state index contributed by atoms with van der Waals surface area (Å²) in [5.41, 5.74) is 16.5. The number of rotatable bonds is 9. The van der Waals surface area contributed by atoms with Crippen LogP contribution < -0.4 is 4.90 Å². The first-order valence-corrected chi connectivity index (χ1v) is 23.1. The van der Waals surface area contributed by atoms with Crippen molar-refractivity contribution in [3.05, 3.63) is 218 Å². The molecule has 0 bridgehead atoms. The average molecular weight is 1050 g/mol. The molecule has 5 nitrogen and oxygen atoms in total. The number of hydrogen-bond acceptors (Lipinski definition) is 2. The van der Waals surface area contributed by atoms with Crippen LogP contribution in [0.25, 0.3) is 72.2 Å². The van der Waals surface area contributed by atoms with E-state index in [-0.39, 0.29) is 26.6 Å². The molecule has 0 saturated carbocycles. The maximum atomic E-state index is 5.10. The molecule has 0 radical (unpaired) electrons. The van der Waals surface area contributed by atoms with Crippen LogP contribution in [0.15, 0.2) is 195 Å². The normalized spacial score (nSPS) is 12.8. The molecule has 3 aromatic heterocycles. The SMILES string of the molecule is CC(C)c1ccccc1-c1ccnc(-n2c3[c-]c(N(c4[c-]c(-n5[cH+]n(C(C)(C)C)c6ccccc65)ccc4)c4c(C5=CC=CCC5)cccc4-c4ccccc4)ccc3c3ccccc32)c1.[Pt]. The Bertz CT molecular complexity index is 3510. The number of anilines is 3. The van der Waals surface area contributed by atoms with Gasteiger partial charge in [-0.2, -0.15) is 12.1 Å². The second-order valence-corrected chi connectivity index (χ2v) is 18.6. The van der Waals surface area contributed by atoms with Gasteiger partial charge in [0.2, 0.25) is 0 Å². The van der Waals surface area contributed by atoms with Crippen LogP contribution in [0.2, 0.25) is 0 Å². The van der Waals surface area contributed by atoms with Gasteiger partial charge in [0, 0.05) is 61.7 Å². The third kappa shape index (κ3) is 7.96. The second kappa shape index (κ2) is 18.0. The maximum Gasteiger partial charge on any atom is 0.188 e. The largest absolute Gasteiger partial charge is 0.357 e.